The highest BCUT2D eigenvalue weighted by Gasteiger charge is 2.29. The van der Waals surface area contributed by atoms with Crippen molar-refractivity contribution in [3.63, 3.8) is 0 Å². The molecule has 1 aliphatic carbocycles. The van der Waals surface area contributed by atoms with Gasteiger partial charge in [0.15, 0.2) is 0 Å². The first-order valence-corrected chi connectivity index (χ1v) is 9.17. The molecule has 1 N–H and O–H groups in total. The molecule has 1 nitrogen and oxygen atoms in total. The van der Waals surface area contributed by atoms with E-state index < -0.39 is 0 Å². The van der Waals surface area contributed by atoms with Crippen LogP contribution in [0.2, 0.25) is 0 Å². The van der Waals surface area contributed by atoms with Gasteiger partial charge in [0.05, 0.1) is 6.10 Å². The smallest absolute Gasteiger partial charge is 0.0602 e. The van der Waals surface area contributed by atoms with E-state index in [0.717, 1.165) is 12.8 Å². The van der Waals surface area contributed by atoms with Crippen molar-refractivity contribution in [1.82, 2.24) is 0 Å². The fourth-order valence-electron chi connectivity index (χ4n) is 2.58. The van der Waals surface area contributed by atoms with Gasteiger partial charge in [-0.15, -0.1) is 0 Å². The van der Waals surface area contributed by atoms with Crippen molar-refractivity contribution in [2.75, 3.05) is 0 Å². The van der Waals surface area contributed by atoms with Crippen molar-refractivity contribution in [3.05, 3.63) is 30.2 Å². The van der Waals surface area contributed by atoms with Gasteiger partial charge in [-0.05, 0) is 51.4 Å². The van der Waals surface area contributed by atoms with Gasteiger partial charge in [-0.1, -0.05) is 63.3 Å². The fourth-order valence-corrected chi connectivity index (χ4v) is 2.58. The van der Waals surface area contributed by atoms with Crippen LogP contribution in [0.4, 0.5) is 0 Å². The van der Waals surface area contributed by atoms with Crippen LogP contribution in [-0.4, -0.2) is 11.2 Å². The number of aliphatic hydroxyl groups excluding tert-OH is 1. The van der Waals surface area contributed by atoms with Crippen LogP contribution in [0.15, 0.2) is 24.3 Å². The van der Waals surface area contributed by atoms with E-state index in [1.54, 1.807) is 0 Å². The van der Waals surface area contributed by atoms with Gasteiger partial charge in [0.25, 0.3) is 0 Å². The molecule has 0 aromatic heterocycles. The topological polar surface area (TPSA) is 20.2 Å². The van der Waals surface area contributed by atoms with Crippen LogP contribution in [-0.2, 0) is 0 Å². The maximum atomic E-state index is 9.73. The van der Waals surface area contributed by atoms with Crippen LogP contribution in [0.25, 0.3) is 0 Å². The summed E-state index contributed by atoms with van der Waals surface area (Å²) in [7, 11) is 0. The molecular formula is C20H35O. The Morgan fingerprint density at radius 2 is 1.48 bits per heavy atom. The molecule has 121 valence electrons. The summed E-state index contributed by atoms with van der Waals surface area (Å²) >= 11 is 0. The largest absolute Gasteiger partial charge is 0.393 e. The quantitative estimate of drug-likeness (QED) is 0.301. The van der Waals surface area contributed by atoms with Crippen molar-refractivity contribution in [2.45, 2.75) is 96.5 Å². The minimum atomic E-state index is -0.0750. The van der Waals surface area contributed by atoms with E-state index in [9.17, 15) is 5.11 Å². The second-order valence-electron chi connectivity index (χ2n) is 6.34. The van der Waals surface area contributed by atoms with Gasteiger partial charge in [0, 0.05) is 5.92 Å². The first-order chi connectivity index (χ1) is 10.3. The Hall–Kier alpha value is -0.560. The molecule has 1 radical (unpaired) electrons. The molecule has 0 aromatic carbocycles. The molecule has 0 heterocycles. The van der Waals surface area contributed by atoms with E-state index >= 15 is 0 Å². The lowest BCUT2D eigenvalue weighted by Gasteiger charge is -2.07. The first-order valence-electron chi connectivity index (χ1n) is 9.17. The fraction of sp³-hybridized carbons (Fsp3) is 0.750. The summed E-state index contributed by atoms with van der Waals surface area (Å²) in [5.74, 6) is 1.39. The van der Waals surface area contributed by atoms with Gasteiger partial charge in [-0.3, -0.25) is 0 Å². The third-order valence-corrected chi connectivity index (χ3v) is 4.19. The van der Waals surface area contributed by atoms with Gasteiger partial charge in [0.1, 0.15) is 0 Å². The van der Waals surface area contributed by atoms with Crippen LogP contribution >= 0.6 is 0 Å². The predicted molar refractivity (Wildman–Crippen MR) is 93.2 cm³/mol. The second kappa shape index (κ2) is 13.1. The number of unbranched alkanes of at least 4 members (excludes halogenated alkanes) is 7. The summed E-state index contributed by atoms with van der Waals surface area (Å²) in [4.78, 5) is 0. The number of hydrogen-bond donors (Lipinski definition) is 1. The first kappa shape index (κ1) is 18.5. The summed E-state index contributed by atoms with van der Waals surface area (Å²) in [6, 6.07) is 0. The number of allylic oxidation sites excluding steroid dienone is 4. The minimum absolute atomic E-state index is 0.0750. The molecule has 0 aromatic rings. The zero-order valence-electron chi connectivity index (χ0n) is 14.0. The lowest BCUT2D eigenvalue weighted by atomic mass is 10.1. The highest BCUT2D eigenvalue weighted by Crippen LogP contribution is 2.37. The van der Waals surface area contributed by atoms with E-state index in [1.165, 1.54) is 76.5 Å². The zero-order chi connectivity index (χ0) is 15.2. The second-order valence-corrected chi connectivity index (χ2v) is 6.34. The molecule has 0 spiro atoms. The Balaban J connectivity index is 1.77. The third-order valence-electron chi connectivity index (χ3n) is 4.19. The van der Waals surface area contributed by atoms with Crippen molar-refractivity contribution in [1.29, 1.82) is 0 Å². The Kier molecular flexibility index (Phi) is 11.6. The third kappa shape index (κ3) is 11.7. The van der Waals surface area contributed by atoms with Crippen molar-refractivity contribution < 1.29 is 5.11 Å². The molecule has 1 rings (SSSR count). The Morgan fingerprint density at radius 1 is 0.857 bits per heavy atom. The van der Waals surface area contributed by atoms with E-state index in [-0.39, 0.29) is 6.10 Å². The molecule has 0 aliphatic heterocycles. The molecule has 1 heteroatoms. The monoisotopic (exact) mass is 291 g/mol. The van der Waals surface area contributed by atoms with Gasteiger partial charge >= 0.3 is 0 Å². The van der Waals surface area contributed by atoms with Crippen molar-refractivity contribution in [2.24, 2.45) is 0 Å². The molecule has 0 amide bonds. The maximum Gasteiger partial charge on any atom is 0.0602 e. The number of rotatable bonds is 14. The van der Waals surface area contributed by atoms with E-state index in [4.69, 9.17) is 0 Å². The lowest BCUT2D eigenvalue weighted by Crippen LogP contribution is -2.06. The van der Waals surface area contributed by atoms with Crippen molar-refractivity contribution >= 4 is 0 Å². The molecule has 1 fully saturated rings. The average Bonchev–Trinajstić information content (AvgIpc) is 3.32. The average molecular weight is 291 g/mol. The van der Waals surface area contributed by atoms with Crippen molar-refractivity contribution in [3.8, 4) is 0 Å². The molecule has 21 heavy (non-hydrogen) atoms. The Morgan fingerprint density at radius 3 is 2.10 bits per heavy atom. The summed E-state index contributed by atoms with van der Waals surface area (Å²) < 4.78 is 0. The summed E-state index contributed by atoms with van der Waals surface area (Å²) in [5.41, 5.74) is 0. The van der Waals surface area contributed by atoms with E-state index in [1.807, 2.05) is 0 Å². The maximum absolute atomic E-state index is 9.73. The Bertz CT molecular complexity index is 276. The van der Waals surface area contributed by atoms with Crippen LogP contribution in [0.1, 0.15) is 90.4 Å². The highest BCUT2D eigenvalue weighted by molar-refractivity contribution is 5.10. The predicted octanol–water partition coefficient (Wildman–Crippen LogP) is 6.14. The molecule has 0 bridgehead atoms. The van der Waals surface area contributed by atoms with Gasteiger partial charge < -0.3 is 5.11 Å². The summed E-state index contributed by atoms with van der Waals surface area (Å²) in [5, 5.41) is 9.73. The summed E-state index contributed by atoms with van der Waals surface area (Å²) in [6.07, 6.45) is 25.1. The zero-order valence-corrected chi connectivity index (χ0v) is 14.0. The van der Waals surface area contributed by atoms with E-state index in [0.29, 0.717) is 0 Å². The SMILES string of the molecule is CCCCC/C=C\C/C=C\CCCCCCC(O)[C]1CC1. The van der Waals surface area contributed by atoms with Crippen LogP contribution in [0.5, 0.6) is 0 Å². The summed E-state index contributed by atoms with van der Waals surface area (Å²) in [6.45, 7) is 2.25. The number of hydrogen-bond acceptors (Lipinski definition) is 1. The van der Waals surface area contributed by atoms with E-state index in [2.05, 4.69) is 31.2 Å². The highest BCUT2D eigenvalue weighted by atomic mass is 16.3. The van der Waals surface area contributed by atoms with Crippen LogP contribution < -0.4 is 0 Å². The van der Waals surface area contributed by atoms with Gasteiger partial charge in [-0.25, -0.2) is 0 Å². The minimum Gasteiger partial charge on any atom is -0.393 e. The Labute approximate surface area is 132 Å². The molecule has 1 saturated carbocycles. The lowest BCUT2D eigenvalue weighted by molar-refractivity contribution is 0.186. The van der Waals surface area contributed by atoms with Gasteiger partial charge in [-0.2, -0.15) is 0 Å². The standard InChI is InChI=1S/C20H35O/c1-2-3-4-5-6-7-8-9-10-11-12-13-14-15-16-20(21)19-17-18-19/h6-7,9-10,20-21H,2-5,8,11-18H2,1H3/b7-6-,10-9-. The molecular weight excluding hydrogens is 256 g/mol. The molecule has 1 aliphatic rings. The molecule has 1 unspecified atom stereocenters. The van der Waals surface area contributed by atoms with Gasteiger partial charge in [0.2, 0.25) is 0 Å². The molecule has 1 atom stereocenters. The van der Waals surface area contributed by atoms with Crippen LogP contribution in [0.3, 0.4) is 0 Å². The normalized spacial score (nSPS) is 17.0. The molecule has 0 saturated heterocycles. The number of aliphatic hydroxyl groups is 1. The van der Waals surface area contributed by atoms with Crippen LogP contribution in [0, 0.1) is 5.92 Å².